The maximum absolute atomic E-state index is 10.2. The maximum Gasteiger partial charge on any atom is 0.335 e. The molecule has 6 heteroatoms. The molecule has 0 aliphatic heterocycles. The third-order valence-electron chi connectivity index (χ3n) is 4.88. The Morgan fingerprint density at radius 1 is 0.710 bits per heavy atom. The Hall–Kier alpha value is -2.70. The standard InChI is InChI=1S/C11H24O2.2C7H6O2/c1-5-7-9(12)11(3,4)10(13)8-6-2;2*8-7(9)6-4-2-1-3-5-6/h9-10,12-13H,5-8H2,1-4H3;2*1-5H,(H,8,9). The summed E-state index contributed by atoms with van der Waals surface area (Å²) in [7, 11) is 0. The molecule has 2 rings (SSSR count). The van der Waals surface area contributed by atoms with Crippen molar-refractivity contribution >= 4 is 11.9 Å². The normalized spacial score (nSPS) is 12.3. The van der Waals surface area contributed by atoms with Gasteiger partial charge < -0.3 is 20.4 Å². The SMILES string of the molecule is CCCC(O)C(C)(C)C(O)CCC.O=C(O)c1ccccc1.O=C(O)c1ccccc1. The van der Waals surface area contributed by atoms with Gasteiger partial charge in [-0.25, -0.2) is 9.59 Å². The van der Waals surface area contributed by atoms with Crippen LogP contribution in [0.5, 0.6) is 0 Å². The molecule has 0 bridgehead atoms. The minimum atomic E-state index is -0.879. The van der Waals surface area contributed by atoms with E-state index in [1.807, 2.05) is 27.7 Å². The molecule has 2 unspecified atom stereocenters. The summed E-state index contributed by atoms with van der Waals surface area (Å²) in [5.74, 6) is -1.76. The monoisotopic (exact) mass is 432 g/mol. The van der Waals surface area contributed by atoms with Gasteiger partial charge in [-0.2, -0.15) is 0 Å². The van der Waals surface area contributed by atoms with Crippen molar-refractivity contribution in [1.82, 2.24) is 0 Å². The van der Waals surface area contributed by atoms with E-state index in [2.05, 4.69) is 0 Å². The van der Waals surface area contributed by atoms with Crippen molar-refractivity contribution < 1.29 is 30.0 Å². The smallest absolute Gasteiger partial charge is 0.335 e. The van der Waals surface area contributed by atoms with Crippen molar-refractivity contribution in [2.24, 2.45) is 5.41 Å². The second-order valence-electron chi connectivity index (χ2n) is 7.77. The molecule has 0 aliphatic carbocycles. The molecule has 2 aromatic rings. The van der Waals surface area contributed by atoms with Gasteiger partial charge in [-0.05, 0) is 37.1 Å². The van der Waals surface area contributed by atoms with Crippen LogP contribution in [0.25, 0.3) is 0 Å². The van der Waals surface area contributed by atoms with Crippen LogP contribution >= 0.6 is 0 Å². The number of hydrogen-bond acceptors (Lipinski definition) is 4. The van der Waals surface area contributed by atoms with Crippen LogP contribution in [0, 0.1) is 5.41 Å². The molecule has 0 radical (unpaired) electrons. The minimum absolute atomic E-state index is 0.331. The Morgan fingerprint density at radius 3 is 1.19 bits per heavy atom. The number of carboxylic acids is 2. The molecule has 0 amide bonds. The first-order valence-electron chi connectivity index (χ1n) is 10.5. The van der Waals surface area contributed by atoms with E-state index in [0.29, 0.717) is 11.1 Å². The minimum Gasteiger partial charge on any atom is -0.478 e. The zero-order chi connectivity index (χ0) is 23.9. The molecule has 0 aromatic heterocycles. The Bertz CT molecular complexity index is 680. The Morgan fingerprint density at radius 2 is 1.00 bits per heavy atom. The largest absolute Gasteiger partial charge is 0.478 e. The topological polar surface area (TPSA) is 115 Å². The second-order valence-corrected chi connectivity index (χ2v) is 7.77. The lowest BCUT2D eigenvalue weighted by molar-refractivity contribution is -0.0541. The van der Waals surface area contributed by atoms with Crippen molar-refractivity contribution in [3.05, 3.63) is 71.8 Å². The van der Waals surface area contributed by atoms with Gasteiger partial charge in [0.05, 0.1) is 23.3 Å². The first-order chi connectivity index (χ1) is 14.6. The molecule has 0 spiro atoms. The number of rotatable bonds is 8. The molecular formula is C25H36O6. The van der Waals surface area contributed by atoms with Gasteiger partial charge in [-0.15, -0.1) is 0 Å². The first-order valence-corrected chi connectivity index (χ1v) is 10.5. The summed E-state index contributed by atoms with van der Waals surface area (Å²) in [5.41, 5.74) is 0.293. The molecule has 0 heterocycles. The molecule has 0 saturated carbocycles. The fourth-order valence-electron chi connectivity index (χ4n) is 2.67. The molecule has 0 aliphatic rings. The summed E-state index contributed by atoms with van der Waals surface area (Å²) < 4.78 is 0. The highest BCUT2D eigenvalue weighted by Gasteiger charge is 2.33. The van der Waals surface area contributed by atoms with E-state index in [1.165, 1.54) is 0 Å². The number of hydrogen-bond donors (Lipinski definition) is 4. The van der Waals surface area contributed by atoms with E-state index >= 15 is 0 Å². The second kappa shape index (κ2) is 15.2. The van der Waals surface area contributed by atoms with Crippen LogP contribution in [0.3, 0.4) is 0 Å². The average Bonchev–Trinajstić information content (AvgIpc) is 2.76. The van der Waals surface area contributed by atoms with E-state index in [9.17, 15) is 19.8 Å². The lowest BCUT2D eigenvalue weighted by atomic mass is 9.77. The zero-order valence-corrected chi connectivity index (χ0v) is 18.9. The summed E-state index contributed by atoms with van der Waals surface area (Å²) in [5, 5.41) is 36.4. The van der Waals surface area contributed by atoms with E-state index < -0.39 is 11.9 Å². The van der Waals surface area contributed by atoms with Crippen molar-refractivity contribution in [3.63, 3.8) is 0 Å². The van der Waals surface area contributed by atoms with Gasteiger partial charge in [-0.1, -0.05) is 76.9 Å². The summed E-state index contributed by atoms with van der Waals surface area (Å²) >= 11 is 0. The summed E-state index contributed by atoms with van der Waals surface area (Å²) in [6.45, 7) is 7.97. The van der Waals surface area contributed by atoms with Crippen LogP contribution in [-0.2, 0) is 0 Å². The number of benzene rings is 2. The first kappa shape index (κ1) is 28.3. The number of aliphatic hydroxyl groups is 2. The molecular weight excluding hydrogens is 396 g/mol. The fourth-order valence-corrected chi connectivity index (χ4v) is 2.67. The molecule has 2 atom stereocenters. The maximum atomic E-state index is 10.2. The number of aromatic carboxylic acids is 2. The van der Waals surface area contributed by atoms with Gasteiger partial charge >= 0.3 is 11.9 Å². The highest BCUT2D eigenvalue weighted by atomic mass is 16.4. The fraction of sp³-hybridized carbons (Fsp3) is 0.440. The predicted molar refractivity (Wildman–Crippen MR) is 122 cm³/mol. The average molecular weight is 433 g/mol. The highest BCUT2D eigenvalue weighted by Crippen LogP contribution is 2.30. The van der Waals surface area contributed by atoms with Gasteiger partial charge in [0.1, 0.15) is 0 Å². The Kier molecular flexibility index (Phi) is 13.8. The van der Waals surface area contributed by atoms with Crippen LogP contribution in [0.4, 0.5) is 0 Å². The summed E-state index contributed by atoms with van der Waals surface area (Å²) in [4.78, 5) is 20.4. The van der Waals surface area contributed by atoms with E-state index in [4.69, 9.17) is 10.2 Å². The van der Waals surface area contributed by atoms with Gasteiger partial charge in [0, 0.05) is 5.41 Å². The lowest BCUT2D eigenvalue weighted by Gasteiger charge is -2.35. The molecule has 4 N–H and O–H groups in total. The van der Waals surface area contributed by atoms with E-state index in [0.717, 1.165) is 25.7 Å². The van der Waals surface area contributed by atoms with Gasteiger partial charge in [-0.3, -0.25) is 0 Å². The van der Waals surface area contributed by atoms with Crippen molar-refractivity contribution in [1.29, 1.82) is 0 Å². The van der Waals surface area contributed by atoms with Crippen molar-refractivity contribution in [3.8, 4) is 0 Å². The molecule has 0 saturated heterocycles. The molecule has 2 aromatic carbocycles. The third kappa shape index (κ3) is 11.3. The van der Waals surface area contributed by atoms with Crippen LogP contribution in [0.15, 0.2) is 60.7 Å². The number of aliphatic hydroxyl groups excluding tert-OH is 2. The van der Waals surface area contributed by atoms with Crippen LogP contribution < -0.4 is 0 Å². The molecule has 6 nitrogen and oxygen atoms in total. The lowest BCUT2D eigenvalue weighted by Crippen LogP contribution is -2.40. The van der Waals surface area contributed by atoms with Gasteiger partial charge in [0.2, 0.25) is 0 Å². The van der Waals surface area contributed by atoms with Crippen LogP contribution in [0.1, 0.15) is 74.1 Å². The Labute approximate surface area is 185 Å². The van der Waals surface area contributed by atoms with Crippen molar-refractivity contribution in [2.45, 2.75) is 65.6 Å². The summed E-state index contributed by atoms with van der Waals surface area (Å²) in [6, 6.07) is 16.6. The quantitative estimate of drug-likeness (QED) is 0.461. The van der Waals surface area contributed by atoms with E-state index in [1.54, 1.807) is 60.7 Å². The van der Waals surface area contributed by atoms with E-state index in [-0.39, 0.29) is 17.6 Å². The van der Waals surface area contributed by atoms with Crippen LogP contribution in [-0.4, -0.2) is 44.6 Å². The summed E-state index contributed by atoms with van der Waals surface area (Å²) in [6.07, 6.45) is 2.69. The molecule has 0 fully saturated rings. The number of carboxylic acid groups (broad SMARTS) is 2. The zero-order valence-electron chi connectivity index (χ0n) is 18.9. The van der Waals surface area contributed by atoms with Gasteiger partial charge in [0.25, 0.3) is 0 Å². The molecule has 172 valence electrons. The third-order valence-corrected chi connectivity index (χ3v) is 4.88. The van der Waals surface area contributed by atoms with Crippen LogP contribution in [0.2, 0.25) is 0 Å². The predicted octanol–water partition coefficient (Wildman–Crippen LogP) is 5.10. The molecule has 31 heavy (non-hydrogen) atoms. The number of carbonyl (C=O) groups is 2. The van der Waals surface area contributed by atoms with Crippen molar-refractivity contribution in [2.75, 3.05) is 0 Å². The van der Waals surface area contributed by atoms with Gasteiger partial charge in [0.15, 0.2) is 0 Å². The highest BCUT2D eigenvalue weighted by molar-refractivity contribution is 5.87. The Balaban J connectivity index is 0.000000445.